The largest absolute Gasteiger partial charge is 0.315 e. The lowest BCUT2D eigenvalue weighted by molar-refractivity contribution is 0.522. The molecular formula is C24H34ClN3. The lowest BCUT2D eigenvalue weighted by Gasteiger charge is -2.16. The van der Waals surface area contributed by atoms with Crippen molar-refractivity contribution in [1.82, 2.24) is 5.32 Å². The molecule has 0 bridgehead atoms. The molecule has 0 spiro atoms. The van der Waals surface area contributed by atoms with Gasteiger partial charge in [0.2, 0.25) is 0 Å². The second-order valence-corrected chi connectivity index (χ2v) is 8.52. The number of allylic oxidation sites excluding steroid dienone is 8. The highest BCUT2D eigenvalue weighted by Crippen LogP contribution is 2.28. The summed E-state index contributed by atoms with van der Waals surface area (Å²) in [6.07, 6.45) is 17.7. The Hall–Kier alpha value is -1.63. The van der Waals surface area contributed by atoms with E-state index in [4.69, 9.17) is 16.6 Å². The van der Waals surface area contributed by atoms with E-state index in [1.54, 1.807) is 0 Å². The fourth-order valence-electron chi connectivity index (χ4n) is 3.46. The summed E-state index contributed by atoms with van der Waals surface area (Å²) in [5.41, 5.74) is 4.12. The number of hydrogen-bond donors (Lipinski definition) is 1. The highest BCUT2D eigenvalue weighted by atomic mass is 35.5. The maximum atomic E-state index is 9.53. The number of hydrogen-bond acceptors (Lipinski definition) is 3. The average molecular weight is 400 g/mol. The smallest absolute Gasteiger partial charge is 0.0995 e. The van der Waals surface area contributed by atoms with E-state index in [-0.39, 0.29) is 5.38 Å². The number of aliphatic imine (C=N–C) groups is 1. The summed E-state index contributed by atoms with van der Waals surface area (Å²) in [7, 11) is 0. The van der Waals surface area contributed by atoms with Crippen molar-refractivity contribution in [2.24, 2.45) is 10.9 Å². The Bertz CT molecular complexity index is 689. The molecule has 0 saturated carbocycles. The SMILES string of the molecule is CC(C)CCCCNCCN=C1CC=C(/C=C(\C#N)C2=CC=CCC2Cl)CC1. The first-order valence-electron chi connectivity index (χ1n) is 10.6. The van der Waals surface area contributed by atoms with Crippen LogP contribution < -0.4 is 5.32 Å². The lowest BCUT2D eigenvalue weighted by Crippen LogP contribution is -2.19. The molecule has 1 unspecified atom stereocenters. The first-order chi connectivity index (χ1) is 13.6. The number of nitrogens with zero attached hydrogens (tertiary/aromatic N) is 2. The van der Waals surface area contributed by atoms with Gasteiger partial charge in [0.25, 0.3) is 0 Å². The molecule has 0 aromatic rings. The van der Waals surface area contributed by atoms with Crippen molar-refractivity contribution in [3.8, 4) is 6.07 Å². The summed E-state index contributed by atoms with van der Waals surface area (Å²) in [4.78, 5) is 4.75. The van der Waals surface area contributed by atoms with Gasteiger partial charge in [0.05, 0.1) is 23.6 Å². The average Bonchev–Trinajstić information content (AvgIpc) is 2.69. The summed E-state index contributed by atoms with van der Waals surface area (Å²) in [5.74, 6) is 0.808. The van der Waals surface area contributed by atoms with Crippen molar-refractivity contribution in [3.05, 3.63) is 47.1 Å². The zero-order valence-corrected chi connectivity index (χ0v) is 18.1. The number of unbranched alkanes of at least 4 members (excludes halogenated alkanes) is 1. The van der Waals surface area contributed by atoms with Gasteiger partial charge < -0.3 is 5.32 Å². The van der Waals surface area contributed by atoms with Crippen LogP contribution in [0.15, 0.2) is 52.1 Å². The van der Waals surface area contributed by atoms with Crippen LogP contribution in [0.3, 0.4) is 0 Å². The monoisotopic (exact) mass is 399 g/mol. The molecule has 0 aromatic carbocycles. The normalized spacial score (nSPS) is 21.6. The molecule has 0 heterocycles. The van der Waals surface area contributed by atoms with Gasteiger partial charge in [0, 0.05) is 18.7 Å². The lowest BCUT2D eigenvalue weighted by atomic mass is 9.92. The highest BCUT2D eigenvalue weighted by molar-refractivity contribution is 6.23. The molecule has 1 N–H and O–H groups in total. The Labute approximate surface area is 176 Å². The number of nitriles is 1. The van der Waals surface area contributed by atoms with Crippen molar-refractivity contribution >= 4 is 17.3 Å². The first-order valence-corrected chi connectivity index (χ1v) is 11.1. The van der Waals surface area contributed by atoms with Crippen molar-refractivity contribution < 1.29 is 0 Å². The summed E-state index contributed by atoms with van der Waals surface area (Å²) >= 11 is 6.37. The van der Waals surface area contributed by atoms with E-state index in [0.717, 1.165) is 56.8 Å². The fourth-order valence-corrected chi connectivity index (χ4v) is 3.76. The van der Waals surface area contributed by atoms with Crippen LogP contribution in [0.5, 0.6) is 0 Å². The van der Waals surface area contributed by atoms with E-state index in [2.05, 4.69) is 31.3 Å². The van der Waals surface area contributed by atoms with Gasteiger partial charge in [-0.25, -0.2) is 0 Å². The van der Waals surface area contributed by atoms with E-state index >= 15 is 0 Å². The predicted octanol–water partition coefficient (Wildman–Crippen LogP) is 5.90. The molecule has 2 rings (SSSR count). The molecule has 2 aliphatic rings. The maximum absolute atomic E-state index is 9.53. The zero-order chi connectivity index (χ0) is 20.2. The van der Waals surface area contributed by atoms with Gasteiger partial charge >= 0.3 is 0 Å². The molecule has 152 valence electrons. The van der Waals surface area contributed by atoms with Crippen LogP contribution in [0.4, 0.5) is 0 Å². The van der Waals surface area contributed by atoms with Crippen molar-refractivity contribution in [3.63, 3.8) is 0 Å². The van der Waals surface area contributed by atoms with Crippen molar-refractivity contribution in [2.45, 2.75) is 64.2 Å². The number of rotatable bonds is 10. The van der Waals surface area contributed by atoms with Crippen LogP contribution in [0.2, 0.25) is 0 Å². The Kier molecular flexibility index (Phi) is 10.3. The van der Waals surface area contributed by atoms with Crippen LogP contribution in [-0.2, 0) is 0 Å². The minimum atomic E-state index is -0.102. The molecule has 0 aromatic heterocycles. The topological polar surface area (TPSA) is 48.2 Å². The minimum absolute atomic E-state index is 0.102. The fraction of sp³-hybridized carbons (Fsp3) is 0.583. The van der Waals surface area contributed by atoms with E-state index in [1.807, 2.05) is 24.3 Å². The van der Waals surface area contributed by atoms with Crippen LogP contribution >= 0.6 is 11.6 Å². The van der Waals surface area contributed by atoms with Gasteiger partial charge in [-0.05, 0) is 55.4 Å². The summed E-state index contributed by atoms with van der Waals surface area (Å²) in [6, 6.07) is 2.32. The third-order valence-electron chi connectivity index (χ3n) is 5.16. The Morgan fingerprint density at radius 1 is 1.36 bits per heavy atom. The quantitative estimate of drug-likeness (QED) is 0.282. The van der Waals surface area contributed by atoms with Crippen LogP contribution in [0.25, 0.3) is 0 Å². The third-order valence-corrected chi connectivity index (χ3v) is 5.58. The zero-order valence-electron chi connectivity index (χ0n) is 17.4. The summed E-state index contributed by atoms with van der Waals surface area (Å²) in [6.45, 7) is 7.47. The number of alkyl halides is 1. The molecular weight excluding hydrogens is 366 g/mol. The molecule has 0 amide bonds. The Morgan fingerprint density at radius 3 is 2.89 bits per heavy atom. The van der Waals surface area contributed by atoms with E-state index in [1.165, 1.54) is 30.5 Å². The number of nitrogens with one attached hydrogen (secondary N) is 1. The molecule has 28 heavy (non-hydrogen) atoms. The van der Waals surface area contributed by atoms with Crippen LogP contribution in [0.1, 0.15) is 58.8 Å². The Morgan fingerprint density at radius 2 is 2.21 bits per heavy atom. The van der Waals surface area contributed by atoms with Gasteiger partial charge in [0.15, 0.2) is 0 Å². The standard InChI is InChI=1S/C24H34ClN3/c1-19(2)7-5-6-14-27-15-16-28-22-12-10-20(11-13-22)17-21(18-26)23-8-3-4-9-24(23)25/h3-4,8,10,17,19,24,27H,5-7,9,11-16H2,1-2H3/b21-17+,28-22?. The van der Waals surface area contributed by atoms with Crippen LogP contribution in [0, 0.1) is 17.2 Å². The maximum Gasteiger partial charge on any atom is 0.0995 e. The molecule has 1 atom stereocenters. The number of halogens is 1. The van der Waals surface area contributed by atoms with Crippen molar-refractivity contribution in [2.75, 3.05) is 19.6 Å². The molecule has 3 nitrogen and oxygen atoms in total. The van der Waals surface area contributed by atoms with Gasteiger partial charge in [-0.15, -0.1) is 11.6 Å². The van der Waals surface area contributed by atoms with E-state index in [9.17, 15) is 5.26 Å². The van der Waals surface area contributed by atoms with Crippen LogP contribution in [-0.4, -0.2) is 30.7 Å². The third kappa shape index (κ3) is 8.17. The van der Waals surface area contributed by atoms with Gasteiger partial charge in [0.1, 0.15) is 0 Å². The summed E-state index contributed by atoms with van der Waals surface area (Å²) in [5, 5.41) is 12.9. The molecule has 0 saturated heterocycles. The molecule has 0 radical (unpaired) electrons. The molecule has 0 fully saturated rings. The minimum Gasteiger partial charge on any atom is -0.315 e. The van der Waals surface area contributed by atoms with Gasteiger partial charge in [-0.1, -0.05) is 51.0 Å². The molecule has 0 aliphatic heterocycles. The van der Waals surface area contributed by atoms with E-state index in [0.29, 0.717) is 5.57 Å². The second kappa shape index (κ2) is 12.8. The first kappa shape index (κ1) is 22.7. The van der Waals surface area contributed by atoms with Gasteiger partial charge in [-0.2, -0.15) is 5.26 Å². The Balaban J connectivity index is 1.74. The highest BCUT2D eigenvalue weighted by Gasteiger charge is 2.17. The molecule has 4 heteroatoms. The van der Waals surface area contributed by atoms with Gasteiger partial charge in [-0.3, -0.25) is 4.99 Å². The molecule has 2 aliphatic carbocycles. The van der Waals surface area contributed by atoms with E-state index < -0.39 is 0 Å². The van der Waals surface area contributed by atoms with Crippen molar-refractivity contribution in [1.29, 1.82) is 5.26 Å². The summed E-state index contributed by atoms with van der Waals surface area (Å²) < 4.78 is 0. The second-order valence-electron chi connectivity index (χ2n) is 7.99. The predicted molar refractivity (Wildman–Crippen MR) is 121 cm³/mol.